The third kappa shape index (κ3) is 4.69. The number of ether oxygens (including phenoxy) is 3. The maximum atomic E-state index is 13.0. The van der Waals surface area contributed by atoms with Gasteiger partial charge in [0.2, 0.25) is 11.7 Å². The van der Waals surface area contributed by atoms with Gasteiger partial charge in [-0.15, -0.1) is 0 Å². The van der Waals surface area contributed by atoms with Crippen molar-refractivity contribution in [2.45, 2.75) is 38.4 Å². The lowest BCUT2D eigenvalue weighted by molar-refractivity contribution is -0.113. The molecule has 2 heterocycles. The topological polar surface area (TPSA) is 107 Å². The summed E-state index contributed by atoms with van der Waals surface area (Å²) < 4.78 is 17.6. The summed E-state index contributed by atoms with van der Waals surface area (Å²) in [5.74, 6) is 1.15. The largest absolute Gasteiger partial charge is 0.493 e. The standard InChI is InChI=1S/C22H28N4O5S/c1-7-13(3)26-21(28)19-15(8-12(2)23-19)25-22(26)32-11-18(27)24-14-9-16(29-4)20(31-6)17(10-14)30-5/h8-10,13,23H,7,11H2,1-6H3,(H,24,27)/t13-/m0/s1. The van der Waals surface area contributed by atoms with Crippen LogP contribution in [0.25, 0.3) is 11.0 Å². The number of carbonyl (C=O) groups excluding carboxylic acids is 1. The number of anilines is 1. The molecule has 1 amide bonds. The molecule has 1 atom stereocenters. The summed E-state index contributed by atoms with van der Waals surface area (Å²) in [6.07, 6.45) is 0.762. The van der Waals surface area contributed by atoms with Crippen LogP contribution in [0.2, 0.25) is 0 Å². The average molecular weight is 461 g/mol. The number of amides is 1. The number of H-pyrrole nitrogens is 1. The number of thioether (sulfide) groups is 1. The van der Waals surface area contributed by atoms with Gasteiger partial charge >= 0.3 is 0 Å². The molecule has 2 aromatic heterocycles. The molecular weight excluding hydrogens is 432 g/mol. The van der Waals surface area contributed by atoms with E-state index in [2.05, 4.69) is 15.3 Å². The lowest BCUT2D eigenvalue weighted by Gasteiger charge is -2.17. The second-order valence-electron chi connectivity index (χ2n) is 7.29. The zero-order chi connectivity index (χ0) is 23.4. The Morgan fingerprint density at radius 3 is 2.41 bits per heavy atom. The van der Waals surface area contributed by atoms with E-state index < -0.39 is 0 Å². The smallest absolute Gasteiger partial charge is 0.278 e. The molecule has 3 aromatic rings. The van der Waals surface area contributed by atoms with E-state index in [9.17, 15) is 9.59 Å². The van der Waals surface area contributed by atoms with E-state index in [1.165, 1.54) is 33.1 Å². The van der Waals surface area contributed by atoms with Crippen LogP contribution in [0.15, 0.2) is 28.2 Å². The van der Waals surface area contributed by atoms with E-state index >= 15 is 0 Å². The van der Waals surface area contributed by atoms with Crippen LogP contribution in [0.1, 0.15) is 32.0 Å². The van der Waals surface area contributed by atoms with Gasteiger partial charge in [-0.3, -0.25) is 14.2 Å². The number of hydrogen-bond acceptors (Lipinski definition) is 7. The molecular formula is C22H28N4O5S. The monoisotopic (exact) mass is 460 g/mol. The van der Waals surface area contributed by atoms with Gasteiger partial charge in [0, 0.05) is 29.6 Å². The fourth-order valence-corrected chi connectivity index (χ4v) is 4.24. The molecule has 1 aromatic carbocycles. The van der Waals surface area contributed by atoms with Gasteiger partial charge in [-0.1, -0.05) is 18.7 Å². The van der Waals surface area contributed by atoms with Gasteiger partial charge in [0.15, 0.2) is 16.7 Å². The van der Waals surface area contributed by atoms with E-state index in [1.54, 1.807) is 16.7 Å². The van der Waals surface area contributed by atoms with Crippen molar-refractivity contribution in [3.8, 4) is 17.2 Å². The number of benzene rings is 1. The van der Waals surface area contributed by atoms with E-state index in [-0.39, 0.29) is 23.3 Å². The molecule has 0 fully saturated rings. The SMILES string of the molecule is CC[C@H](C)n1c(SCC(=O)Nc2cc(OC)c(OC)c(OC)c2)nc2cc(C)[nH]c2c1=O. The zero-order valence-electron chi connectivity index (χ0n) is 19.1. The fraction of sp³-hybridized carbons (Fsp3) is 0.409. The Hall–Kier alpha value is -3.14. The van der Waals surface area contributed by atoms with Crippen LogP contribution in [0.5, 0.6) is 17.2 Å². The highest BCUT2D eigenvalue weighted by Crippen LogP contribution is 2.40. The summed E-state index contributed by atoms with van der Waals surface area (Å²) in [5.41, 5.74) is 2.32. The Bertz CT molecular complexity index is 1160. The molecule has 0 saturated heterocycles. The summed E-state index contributed by atoms with van der Waals surface area (Å²) in [6.45, 7) is 5.85. The molecule has 0 bridgehead atoms. The zero-order valence-corrected chi connectivity index (χ0v) is 19.9. The average Bonchev–Trinajstić information content (AvgIpc) is 3.17. The van der Waals surface area contributed by atoms with Crippen molar-refractivity contribution in [3.05, 3.63) is 34.2 Å². The minimum Gasteiger partial charge on any atom is -0.493 e. The molecule has 0 unspecified atom stereocenters. The highest BCUT2D eigenvalue weighted by molar-refractivity contribution is 7.99. The predicted molar refractivity (Wildman–Crippen MR) is 126 cm³/mol. The van der Waals surface area contributed by atoms with Gasteiger partial charge in [-0.05, 0) is 26.3 Å². The Morgan fingerprint density at radius 1 is 1.19 bits per heavy atom. The third-order valence-electron chi connectivity index (χ3n) is 5.10. The Kier molecular flexibility index (Phi) is 7.34. The lowest BCUT2D eigenvalue weighted by Crippen LogP contribution is -2.26. The molecule has 3 rings (SSSR count). The van der Waals surface area contributed by atoms with Crippen molar-refractivity contribution in [2.75, 3.05) is 32.4 Å². The maximum Gasteiger partial charge on any atom is 0.278 e. The van der Waals surface area contributed by atoms with Crippen LogP contribution in [-0.4, -0.2) is 47.5 Å². The first-order valence-corrected chi connectivity index (χ1v) is 11.2. The van der Waals surface area contributed by atoms with Crippen molar-refractivity contribution in [3.63, 3.8) is 0 Å². The molecule has 0 aliphatic carbocycles. The number of methoxy groups -OCH3 is 3. The van der Waals surface area contributed by atoms with Crippen molar-refractivity contribution < 1.29 is 19.0 Å². The number of hydrogen-bond donors (Lipinski definition) is 2. The molecule has 0 radical (unpaired) electrons. The minimum absolute atomic E-state index is 0.0522. The van der Waals surface area contributed by atoms with Gasteiger partial charge in [0.1, 0.15) is 5.52 Å². The predicted octanol–water partition coefficient (Wildman–Crippen LogP) is 3.76. The van der Waals surface area contributed by atoms with Crippen LogP contribution in [-0.2, 0) is 4.79 Å². The van der Waals surface area contributed by atoms with Crippen molar-refractivity contribution in [1.82, 2.24) is 14.5 Å². The van der Waals surface area contributed by atoms with Gasteiger partial charge in [-0.2, -0.15) is 0 Å². The van der Waals surface area contributed by atoms with Crippen LogP contribution in [0.3, 0.4) is 0 Å². The van der Waals surface area contributed by atoms with Crippen LogP contribution < -0.4 is 25.1 Å². The normalized spacial score (nSPS) is 11.9. The second kappa shape index (κ2) is 9.99. The number of nitrogens with zero attached hydrogens (tertiary/aromatic N) is 2. The van der Waals surface area contributed by atoms with E-state index in [0.717, 1.165) is 12.1 Å². The number of nitrogens with one attached hydrogen (secondary N) is 2. The highest BCUT2D eigenvalue weighted by atomic mass is 32.2. The van der Waals surface area contributed by atoms with E-state index in [0.29, 0.717) is 39.1 Å². The molecule has 32 heavy (non-hydrogen) atoms. The molecule has 10 heteroatoms. The molecule has 2 N–H and O–H groups in total. The summed E-state index contributed by atoms with van der Waals surface area (Å²) >= 11 is 1.22. The Balaban J connectivity index is 1.84. The molecule has 0 spiro atoms. The first-order valence-electron chi connectivity index (χ1n) is 10.2. The van der Waals surface area contributed by atoms with Crippen molar-refractivity contribution in [2.24, 2.45) is 0 Å². The minimum atomic E-state index is -0.250. The quantitative estimate of drug-likeness (QED) is 0.370. The number of rotatable bonds is 9. The summed E-state index contributed by atoms with van der Waals surface area (Å²) in [6, 6.07) is 5.10. The summed E-state index contributed by atoms with van der Waals surface area (Å²) in [4.78, 5) is 33.4. The van der Waals surface area contributed by atoms with Crippen molar-refractivity contribution >= 4 is 34.4 Å². The number of aromatic nitrogens is 3. The fourth-order valence-electron chi connectivity index (χ4n) is 3.34. The summed E-state index contributed by atoms with van der Waals surface area (Å²) in [5, 5.41) is 3.34. The van der Waals surface area contributed by atoms with E-state index in [1.807, 2.05) is 26.8 Å². The third-order valence-corrected chi connectivity index (χ3v) is 6.05. The Morgan fingerprint density at radius 2 is 1.84 bits per heavy atom. The van der Waals surface area contributed by atoms with Gasteiger partial charge in [0.05, 0.1) is 32.6 Å². The highest BCUT2D eigenvalue weighted by Gasteiger charge is 2.19. The number of fused-ring (bicyclic) bond motifs is 1. The Labute approximate surface area is 190 Å². The number of aryl methyl sites for hydroxylation is 1. The van der Waals surface area contributed by atoms with Gasteiger partial charge in [0.25, 0.3) is 5.56 Å². The van der Waals surface area contributed by atoms with Crippen LogP contribution in [0, 0.1) is 6.92 Å². The van der Waals surface area contributed by atoms with Crippen molar-refractivity contribution in [1.29, 1.82) is 0 Å². The second-order valence-corrected chi connectivity index (χ2v) is 8.23. The molecule has 0 aliphatic rings. The molecule has 0 saturated carbocycles. The first-order chi connectivity index (χ1) is 15.3. The molecule has 9 nitrogen and oxygen atoms in total. The van der Waals surface area contributed by atoms with Crippen LogP contribution in [0.4, 0.5) is 5.69 Å². The van der Waals surface area contributed by atoms with Gasteiger partial charge in [-0.25, -0.2) is 4.98 Å². The lowest BCUT2D eigenvalue weighted by atomic mass is 10.2. The van der Waals surface area contributed by atoms with E-state index in [4.69, 9.17) is 14.2 Å². The number of carbonyl (C=O) groups is 1. The molecule has 0 aliphatic heterocycles. The van der Waals surface area contributed by atoms with Gasteiger partial charge < -0.3 is 24.5 Å². The number of aromatic amines is 1. The maximum absolute atomic E-state index is 13.0. The molecule has 172 valence electrons. The first kappa shape index (κ1) is 23.5. The summed E-state index contributed by atoms with van der Waals surface area (Å²) in [7, 11) is 4.54. The van der Waals surface area contributed by atoms with Crippen LogP contribution >= 0.6 is 11.8 Å².